The highest BCUT2D eigenvalue weighted by Gasteiger charge is 2.47. The molecule has 2 N–H and O–H groups in total. The minimum absolute atomic E-state index is 0.0138. The number of hydrogen-bond acceptors (Lipinski definition) is 10. The van der Waals surface area contributed by atoms with Crippen molar-refractivity contribution in [1.29, 1.82) is 5.26 Å². The van der Waals surface area contributed by atoms with Crippen LogP contribution in [0.3, 0.4) is 0 Å². The fraction of sp³-hybridized carbons (Fsp3) is 0.522. The molecular formula is C23H23F3N8O4S2. The van der Waals surface area contributed by atoms with Crippen LogP contribution in [0.2, 0.25) is 0 Å². The first kappa shape index (κ1) is 26.9. The molecule has 3 aromatic heterocycles. The Morgan fingerprint density at radius 3 is 2.48 bits per heavy atom. The Morgan fingerprint density at radius 2 is 1.90 bits per heavy atom. The van der Waals surface area contributed by atoms with Gasteiger partial charge in [-0.2, -0.15) is 23.2 Å². The highest BCUT2D eigenvalue weighted by Crippen LogP contribution is 2.39. The molecule has 1 aliphatic heterocycles. The van der Waals surface area contributed by atoms with Crippen molar-refractivity contribution in [2.75, 3.05) is 31.1 Å². The first-order valence-electron chi connectivity index (χ1n) is 12.5. The summed E-state index contributed by atoms with van der Waals surface area (Å²) in [7, 11) is -4.20. The van der Waals surface area contributed by atoms with Crippen LogP contribution in [0.5, 0.6) is 0 Å². The number of nitrogens with one attached hydrogen (secondary N) is 1. The minimum atomic E-state index is -4.70. The van der Waals surface area contributed by atoms with Crippen molar-refractivity contribution in [2.24, 2.45) is 5.92 Å². The van der Waals surface area contributed by atoms with Crippen molar-refractivity contribution < 1.29 is 31.5 Å². The number of alkyl halides is 3. The summed E-state index contributed by atoms with van der Waals surface area (Å²) in [5, 5.41) is 24.5. The molecule has 2 saturated carbocycles. The van der Waals surface area contributed by atoms with E-state index in [0.29, 0.717) is 74.4 Å². The van der Waals surface area contributed by atoms with Crippen LogP contribution in [0.4, 0.5) is 18.9 Å². The number of carbonyl (C=O) groups is 1. The molecule has 0 unspecified atom stereocenters. The number of amides is 1. The number of rotatable bonds is 6. The molecule has 0 aromatic carbocycles. The summed E-state index contributed by atoms with van der Waals surface area (Å²) >= 11 is 0.290. The van der Waals surface area contributed by atoms with Gasteiger partial charge < -0.3 is 14.9 Å². The molecule has 0 spiro atoms. The van der Waals surface area contributed by atoms with Crippen molar-refractivity contribution >= 4 is 38.5 Å². The number of aliphatic hydroxyl groups excluding tert-OH is 1. The van der Waals surface area contributed by atoms with Crippen molar-refractivity contribution in [3.63, 3.8) is 0 Å². The van der Waals surface area contributed by atoms with E-state index in [1.165, 1.54) is 22.9 Å². The molecule has 0 atom stereocenters. The predicted molar refractivity (Wildman–Crippen MR) is 135 cm³/mol. The van der Waals surface area contributed by atoms with E-state index in [2.05, 4.69) is 19.9 Å². The average molecular weight is 597 g/mol. The third-order valence-electron chi connectivity index (χ3n) is 7.45. The number of fused-ring (bicyclic) bond motifs is 1. The van der Waals surface area contributed by atoms with E-state index < -0.39 is 32.9 Å². The average Bonchev–Trinajstić information content (AvgIpc) is 3.27. The highest BCUT2D eigenvalue weighted by molar-refractivity contribution is 7.89. The molecule has 1 saturated heterocycles. The van der Waals surface area contributed by atoms with Crippen molar-refractivity contribution in [3.05, 3.63) is 23.5 Å². The first-order chi connectivity index (χ1) is 18.9. The molecule has 212 valence electrons. The van der Waals surface area contributed by atoms with Gasteiger partial charge in [0.1, 0.15) is 10.4 Å². The van der Waals surface area contributed by atoms with Gasteiger partial charge in [-0.3, -0.25) is 9.20 Å². The molecule has 3 aromatic rings. The van der Waals surface area contributed by atoms with Crippen LogP contribution in [0, 0.1) is 17.2 Å². The number of halogens is 3. The Hall–Kier alpha value is -3.33. The monoisotopic (exact) mass is 596 g/mol. The maximum atomic E-state index is 13.4. The number of pyridine rings is 1. The lowest BCUT2D eigenvalue weighted by molar-refractivity contribution is -0.142. The molecule has 40 heavy (non-hydrogen) atoms. The summed E-state index contributed by atoms with van der Waals surface area (Å²) in [6, 6.07) is 3.43. The zero-order chi connectivity index (χ0) is 28.4. The van der Waals surface area contributed by atoms with E-state index in [1.54, 1.807) is 4.90 Å². The van der Waals surface area contributed by atoms with Gasteiger partial charge in [0, 0.05) is 38.3 Å². The number of imidazole rings is 1. The summed E-state index contributed by atoms with van der Waals surface area (Å²) in [5.41, 5.74) is -0.302. The van der Waals surface area contributed by atoms with Gasteiger partial charge in [-0.05, 0) is 31.7 Å². The maximum absolute atomic E-state index is 13.4. The van der Waals surface area contributed by atoms with E-state index in [9.17, 15) is 36.8 Å². The molecule has 12 nitrogen and oxygen atoms in total. The first-order valence-corrected chi connectivity index (χ1v) is 14.8. The van der Waals surface area contributed by atoms with E-state index in [1.807, 2.05) is 11.0 Å². The largest absolute Gasteiger partial charge is 0.445 e. The Labute approximate surface area is 230 Å². The van der Waals surface area contributed by atoms with Crippen molar-refractivity contribution in [3.8, 4) is 16.9 Å². The quantitative estimate of drug-likeness (QED) is 0.432. The second-order valence-corrected chi connectivity index (χ2v) is 12.9. The number of carbonyl (C=O) groups excluding carboxylic acids is 1. The van der Waals surface area contributed by atoms with Gasteiger partial charge in [0.25, 0.3) is 0 Å². The van der Waals surface area contributed by atoms with E-state index in [0.717, 1.165) is 0 Å². The number of aromatic nitrogens is 4. The van der Waals surface area contributed by atoms with Gasteiger partial charge in [-0.1, -0.05) is 11.3 Å². The standard InChI is InChI=1S/C23H23F3N8O4S2/c24-23(25,26)21-30-29-19(39-21)18-28-10-17-16(32-3-5-33(6-4-32)20(36)13-7-14(35)8-13)9-15(11-34(17)18)40(37,38)31-22(12-27)1-2-22/h9-11,13-14,31,35H,1-8H2. The maximum Gasteiger partial charge on any atom is 0.445 e. The number of nitrogens with zero attached hydrogens (tertiary/aromatic N) is 7. The highest BCUT2D eigenvalue weighted by atomic mass is 32.2. The molecule has 2 aliphatic carbocycles. The molecule has 0 bridgehead atoms. The number of anilines is 1. The molecule has 17 heteroatoms. The summed E-state index contributed by atoms with van der Waals surface area (Å²) in [4.78, 5) is 20.4. The summed E-state index contributed by atoms with van der Waals surface area (Å²) in [6.07, 6.45) is -0.860. The van der Waals surface area contributed by atoms with Gasteiger partial charge >= 0.3 is 6.18 Å². The van der Waals surface area contributed by atoms with Gasteiger partial charge in [0.05, 0.1) is 29.6 Å². The van der Waals surface area contributed by atoms with Gasteiger partial charge in [0.15, 0.2) is 10.8 Å². The van der Waals surface area contributed by atoms with Gasteiger partial charge in [0.2, 0.25) is 20.9 Å². The molecular weight excluding hydrogens is 573 g/mol. The van der Waals surface area contributed by atoms with Crippen molar-refractivity contribution in [1.82, 2.24) is 29.2 Å². The fourth-order valence-corrected chi connectivity index (χ4v) is 7.03. The Morgan fingerprint density at radius 1 is 1.20 bits per heavy atom. The van der Waals surface area contributed by atoms with Crippen LogP contribution < -0.4 is 9.62 Å². The van der Waals surface area contributed by atoms with Gasteiger partial charge in [-0.15, -0.1) is 10.2 Å². The SMILES string of the molecule is N#CC1(NS(=O)(=O)c2cc(N3CCN(C(=O)C4CC(O)C4)CC3)c3cnc(-c4nnc(C(F)(F)F)s4)n3c2)CC1. The third-order valence-corrected chi connectivity index (χ3v) is 9.92. The second-order valence-electron chi connectivity index (χ2n) is 10.2. The summed E-state index contributed by atoms with van der Waals surface area (Å²) in [5.74, 6) is -0.237. The zero-order valence-electron chi connectivity index (χ0n) is 20.8. The second kappa shape index (κ2) is 9.36. The van der Waals surface area contributed by atoms with Crippen LogP contribution in [0.15, 0.2) is 23.4 Å². The molecule has 3 fully saturated rings. The van der Waals surface area contributed by atoms with Crippen molar-refractivity contribution in [2.45, 2.75) is 48.4 Å². The molecule has 4 heterocycles. The lowest BCUT2D eigenvalue weighted by atomic mass is 9.81. The molecule has 6 rings (SSSR count). The van der Waals surface area contributed by atoms with Crippen LogP contribution >= 0.6 is 11.3 Å². The minimum Gasteiger partial charge on any atom is -0.393 e. The molecule has 3 aliphatic rings. The molecule has 0 radical (unpaired) electrons. The van der Waals surface area contributed by atoms with Crippen LogP contribution in [-0.4, -0.2) is 81.7 Å². The van der Waals surface area contributed by atoms with Crippen LogP contribution in [-0.2, 0) is 21.0 Å². The normalized spacial score (nSPS) is 22.7. The number of hydrogen-bond donors (Lipinski definition) is 2. The molecule has 1 amide bonds. The summed E-state index contributed by atoms with van der Waals surface area (Å²) in [6.45, 7) is 1.48. The smallest absolute Gasteiger partial charge is 0.393 e. The lowest BCUT2D eigenvalue weighted by Crippen LogP contribution is -2.52. The fourth-order valence-electron chi connectivity index (χ4n) is 4.93. The number of sulfonamides is 1. The Kier molecular flexibility index (Phi) is 6.29. The predicted octanol–water partition coefficient (Wildman–Crippen LogP) is 1.63. The van der Waals surface area contributed by atoms with Gasteiger partial charge in [-0.25, -0.2) is 13.4 Å². The zero-order valence-corrected chi connectivity index (χ0v) is 22.4. The number of nitriles is 1. The lowest BCUT2D eigenvalue weighted by Gasteiger charge is -2.40. The Balaban J connectivity index is 1.36. The third kappa shape index (κ3) is 4.78. The van der Waals surface area contributed by atoms with E-state index >= 15 is 0 Å². The number of aliphatic hydroxyl groups is 1. The number of piperazine rings is 1. The summed E-state index contributed by atoms with van der Waals surface area (Å²) < 4.78 is 70.1. The van der Waals surface area contributed by atoms with Crippen LogP contribution in [0.1, 0.15) is 30.7 Å². The Bertz CT molecular complexity index is 1630. The van der Waals surface area contributed by atoms with E-state index in [4.69, 9.17) is 0 Å². The van der Waals surface area contributed by atoms with E-state index in [-0.39, 0.29) is 27.6 Å². The topological polar surface area (TPSA) is 157 Å². The van der Waals surface area contributed by atoms with Crippen LogP contribution in [0.25, 0.3) is 16.3 Å².